The van der Waals surface area contributed by atoms with Gasteiger partial charge in [0.05, 0.1) is 12.1 Å². The highest BCUT2D eigenvalue weighted by molar-refractivity contribution is 7.80. The van der Waals surface area contributed by atoms with Crippen LogP contribution >= 0.6 is 23.8 Å². The van der Waals surface area contributed by atoms with Crippen molar-refractivity contribution in [3.8, 4) is 5.75 Å². The lowest BCUT2D eigenvalue weighted by molar-refractivity contribution is 0.180. The third-order valence-electron chi connectivity index (χ3n) is 5.17. The molecule has 136 valence electrons. The number of fused-ring (bicyclic) bond motifs is 4. The number of pyridine rings is 1. The van der Waals surface area contributed by atoms with Crippen molar-refractivity contribution in [1.82, 2.24) is 9.47 Å². The fourth-order valence-corrected chi connectivity index (χ4v) is 4.53. The molecule has 0 radical (unpaired) electrons. The fourth-order valence-electron chi connectivity index (χ4n) is 4.01. The van der Waals surface area contributed by atoms with Crippen LogP contribution in [0.25, 0.3) is 0 Å². The number of hydrogen-bond donors (Lipinski definition) is 1. The van der Waals surface area contributed by atoms with Crippen LogP contribution in [-0.4, -0.2) is 34.8 Å². The number of hydrogen-bond acceptors (Lipinski definition) is 3. The summed E-state index contributed by atoms with van der Waals surface area (Å²) in [5.74, 6) is 1.40. The minimum atomic E-state index is 0.0965. The van der Waals surface area contributed by atoms with Crippen LogP contribution in [0, 0.1) is 5.92 Å². The molecule has 4 rings (SSSR count). The third kappa shape index (κ3) is 3.19. The molecule has 5 nitrogen and oxygen atoms in total. The average molecular weight is 390 g/mol. The van der Waals surface area contributed by atoms with Gasteiger partial charge in [-0.25, -0.2) is 0 Å². The first-order valence-electron chi connectivity index (χ1n) is 8.64. The SMILES string of the molecule is COc1ccc(NC(=S)N2C[C@@H]3C[C@@H](C2)c2cccc(=O)n2C3)cc1Cl. The van der Waals surface area contributed by atoms with Gasteiger partial charge in [-0.1, -0.05) is 17.7 Å². The minimum Gasteiger partial charge on any atom is -0.495 e. The van der Waals surface area contributed by atoms with Gasteiger partial charge < -0.3 is 19.5 Å². The number of nitrogens with zero attached hydrogens (tertiary/aromatic N) is 2. The molecule has 0 saturated carbocycles. The predicted octanol–water partition coefficient (Wildman–Crippen LogP) is 3.33. The van der Waals surface area contributed by atoms with Gasteiger partial charge in [-0.3, -0.25) is 4.79 Å². The maximum absolute atomic E-state index is 12.1. The fraction of sp³-hybridized carbons (Fsp3) is 0.368. The smallest absolute Gasteiger partial charge is 0.250 e. The van der Waals surface area contributed by atoms with E-state index in [1.807, 2.05) is 28.8 Å². The Morgan fingerprint density at radius 2 is 2.12 bits per heavy atom. The molecule has 26 heavy (non-hydrogen) atoms. The van der Waals surface area contributed by atoms with Gasteiger partial charge in [-0.15, -0.1) is 0 Å². The second-order valence-electron chi connectivity index (χ2n) is 6.88. The van der Waals surface area contributed by atoms with E-state index in [-0.39, 0.29) is 5.56 Å². The van der Waals surface area contributed by atoms with Crippen LogP contribution in [0.2, 0.25) is 5.02 Å². The van der Waals surface area contributed by atoms with E-state index < -0.39 is 0 Å². The molecule has 0 unspecified atom stereocenters. The van der Waals surface area contributed by atoms with Gasteiger partial charge in [0.2, 0.25) is 0 Å². The van der Waals surface area contributed by atoms with Crippen LogP contribution in [0.3, 0.4) is 0 Å². The monoisotopic (exact) mass is 389 g/mol. The zero-order valence-electron chi connectivity index (χ0n) is 14.4. The normalized spacial score (nSPS) is 21.1. The second kappa shape index (κ2) is 6.93. The Balaban J connectivity index is 1.51. The molecule has 1 aromatic carbocycles. The standard InChI is InChI=1S/C19H20ClN3O2S/c1-25-17-6-5-14(8-15(17)20)21-19(26)22-9-12-7-13(11-22)16-3-2-4-18(24)23(16)10-12/h2-6,8,12-13H,7,9-11H2,1H3,(H,21,26)/t12-,13-/m0/s1. The van der Waals surface area contributed by atoms with Crippen molar-refractivity contribution in [2.45, 2.75) is 18.9 Å². The number of aromatic nitrogens is 1. The van der Waals surface area contributed by atoms with Crippen molar-refractivity contribution in [2.75, 3.05) is 25.5 Å². The van der Waals surface area contributed by atoms with Crippen LogP contribution < -0.4 is 15.6 Å². The Kier molecular flexibility index (Phi) is 4.63. The molecule has 0 spiro atoms. The Morgan fingerprint density at radius 1 is 1.27 bits per heavy atom. The molecule has 1 aromatic heterocycles. The van der Waals surface area contributed by atoms with Crippen molar-refractivity contribution >= 4 is 34.6 Å². The zero-order valence-corrected chi connectivity index (χ0v) is 16.0. The molecule has 1 N–H and O–H groups in total. The Morgan fingerprint density at radius 3 is 2.88 bits per heavy atom. The molecule has 2 bridgehead atoms. The average Bonchev–Trinajstić information content (AvgIpc) is 2.63. The molecule has 2 atom stereocenters. The number of piperidine rings is 1. The van der Waals surface area contributed by atoms with Crippen LogP contribution in [0.15, 0.2) is 41.2 Å². The summed E-state index contributed by atoms with van der Waals surface area (Å²) < 4.78 is 7.11. The highest BCUT2D eigenvalue weighted by atomic mass is 35.5. The van der Waals surface area contributed by atoms with Crippen LogP contribution in [0.5, 0.6) is 5.75 Å². The van der Waals surface area contributed by atoms with Crippen molar-refractivity contribution < 1.29 is 4.74 Å². The highest BCUT2D eigenvalue weighted by Crippen LogP contribution is 2.35. The van der Waals surface area contributed by atoms with E-state index in [0.717, 1.165) is 37.4 Å². The van der Waals surface area contributed by atoms with E-state index in [9.17, 15) is 4.79 Å². The zero-order chi connectivity index (χ0) is 18.3. The second-order valence-corrected chi connectivity index (χ2v) is 7.68. The van der Waals surface area contributed by atoms with Gasteiger partial charge in [-0.05, 0) is 48.8 Å². The maximum Gasteiger partial charge on any atom is 0.250 e. The summed E-state index contributed by atoms with van der Waals surface area (Å²) in [5.41, 5.74) is 2.06. The summed E-state index contributed by atoms with van der Waals surface area (Å²) in [7, 11) is 1.59. The summed E-state index contributed by atoms with van der Waals surface area (Å²) in [5, 5.41) is 4.51. The number of ether oxygens (including phenoxy) is 1. The quantitative estimate of drug-likeness (QED) is 0.798. The van der Waals surface area contributed by atoms with Crippen LogP contribution in [0.1, 0.15) is 18.0 Å². The largest absolute Gasteiger partial charge is 0.495 e. The van der Waals surface area contributed by atoms with E-state index in [2.05, 4.69) is 16.3 Å². The Labute approximate surface area is 162 Å². The van der Waals surface area contributed by atoms with Crippen molar-refractivity contribution in [2.24, 2.45) is 5.92 Å². The molecule has 2 aliphatic rings. The number of nitrogens with one attached hydrogen (secondary N) is 1. The van der Waals surface area contributed by atoms with E-state index in [0.29, 0.717) is 27.7 Å². The molecule has 3 heterocycles. The highest BCUT2D eigenvalue weighted by Gasteiger charge is 2.35. The summed E-state index contributed by atoms with van der Waals surface area (Å²) in [4.78, 5) is 14.3. The minimum absolute atomic E-state index is 0.0965. The summed E-state index contributed by atoms with van der Waals surface area (Å²) in [6.07, 6.45) is 1.11. The molecule has 2 aliphatic heterocycles. The van der Waals surface area contributed by atoms with Gasteiger partial charge >= 0.3 is 0 Å². The van der Waals surface area contributed by atoms with E-state index in [1.165, 1.54) is 0 Å². The van der Waals surface area contributed by atoms with Gasteiger partial charge in [0.15, 0.2) is 5.11 Å². The molecule has 0 amide bonds. The topological polar surface area (TPSA) is 46.5 Å². The van der Waals surface area contributed by atoms with Gasteiger partial charge in [0.1, 0.15) is 5.75 Å². The van der Waals surface area contributed by atoms with Gasteiger partial charge in [0.25, 0.3) is 5.56 Å². The first kappa shape index (κ1) is 17.4. The lowest BCUT2D eigenvalue weighted by Crippen LogP contribution is -2.50. The molecular weight excluding hydrogens is 370 g/mol. The number of likely N-dealkylation sites (tertiary alicyclic amines) is 1. The lowest BCUT2D eigenvalue weighted by Gasteiger charge is -2.43. The Bertz CT molecular complexity index is 914. The number of halogens is 1. The summed E-state index contributed by atoms with van der Waals surface area (Å²) in [6.45, 7) is 2.43. The molecule has 0 aliphatic carbocycles. The Hall–Kier alpha value is -2.05. The van der Waals surface area contributed by atoms with Crippen LogP contribution in [0.4, 0.5) is 5.69 Å². The van der Waals surface area contributed by atoms with E-state index in [4.69, 9.17) is 28.6 Å². The van der Waals surface area contributed by atoms with Gasteiger partial charge in [-0.2, -0.15) is 0 Å². The van der Waals surface area contributed by atoms with Crippen molar-refractivity contribution in [3.05, 3.63) is 57.5 Å². The lowest BCUT2D eigenvalue weighted by atomic mass is 9.83. The van der Waals surface area contributed by atoms with Crippen molar-refractivity contribution in [3.63, 3.8) is 0 Å². The molecule has 1 fully saturated rings. The molecule has 7 heteroatoms. The number of thiocarbonyl (C=S) groups is 1. The molecule has 2 aromatic rings. The molecular formula is C19H20ClN3O2S. The van der Waals surface area contributed by atoms with E-state index in [1.54, 1.807) is 13.2 Å². The maximum atomic E-state index is 12.1. The number of anilines is 1. The molecule has 1 saturated heterocycles. The first-order chi connectivity index (χ1) is 12.5. The number of benzene rings is 1. The summed E-state index contributed by atoms with van der Waals surface area (Å²) in [6, 6.07) is 11.1. The third-order valence-corrected chi connectivity index (χ3v) is 5.83. The van der Waals surface area contributed by atoms with Crippen molar-refractivity contribution in [1.29, 1.82) is 0 Å². The van der Waals surface area contributed by atoms with E-state index >= 15 is 0 Å². The number of rotatable bonds is 2. The predicted molar refractivity (Wildman–Crippen MR) is 107 cm³/mol. The summed E-state index contributed by atoms with van der Waals surface area (Å²) >= 11 is 11.8. The number of methoxy groups -OCH3 is 1. The first-order valence-corrected chi connectivity index (χ1v) is 9.43. The van der Waals surface area contributed by atoms with Gasteiger partial charge in [0, 0.05) is 43.0 Å². The van der Waals surface area contributed by atoms with Crippen LogP contribution in [-0.2, 0) is 6.54 Å².